The van der Waals surface area contributed by atoms with Gasteiger partial charge in [-0.1, -0.05) is 6.08 Å². The van der Waals surface area contributed by atoms with E-state index < -0.39 is 0 Å². The van der Waals surface area contributed by atoms with Crippen LogP contribution < -0.4 is 0 Å². The summed E-state index contributed by atoms with van der Waals surface area (Å²) in [7, 11) is 2.21. The molecule has 0 atom stereocenters. The summed E-state index contributed by atoms with van der Waals surface area (Å²) in [4.78, 5) is 4.98. The zero-order valence-electron chi connectivity index (χ0n) is 9.74. The van der Waals surface area contributed by atoms with Gasteiger partial charge in [-0.3, -0.25) is 4.90 Å². The zero-order valence-corrected chi connectivity index (χ0v) is 9.74. The van der Waals surface area contributed by atoms with Gasteiger partial charge in [-0.2, -0.15) is 0 Å². The Morgan fingerprint density at radius 1 is 1.27 bits per heavy atom. The second-order valence-electron chi connectivity index (χ2n) is 4.64. The van der Waals surface area contributed by atoms with E-state index in [4.69, 9.17) is 4.74 Å². The summed E-state index contributed by atoms with van der Waals surface area (Å²) in [5, 5.41) is 0. The summed E-state index contributed by atoms with van der Waals surface area (Å²) in [5.41, 5.74) is 1.48. The van der Waals surface area contributed by atoms with E-state index in [2.05, 4.69) is 22.9 Å². The standard InChI is InChI=1S/C12H22N2O/c1-13-5-3-6-14(8-7-13)10-12-4-2-9-15-11-12/h4H,2-3,5-11H2,1H3. The van der Waals surface area contributed by atoms with Crippen LogP contribution in [0.25, 0.3) is 0 Å². The predicted octanol–water partition coefficient (Wildman–Crippen LogP) is 0.971. The summed E-state index contributed by atoms with van der Waals surface area (Å²) >= 11 is 0. The van der Waals surface area contributed by atoms with Crippen LogP contribution in [-0.4, -0.2) is 62.8 Å². The first kappa shape index (κ1) is 11.1. The van der Waals surface area contributed by atoms with Crippen molar-refractivity contribution in [2.45, 2.75) is 12.8 Å². The Kier molecular flexibility index (Phi) is 4.18. The van der Waals surface area contributed by atoms with Crippen LogP contribution in [0.1, 0.15) is 12.8 Å². The van der Waals surface area contributed by atoms with Crippen molar-refractivity contribution in [1.29, 1.82) is 0 Å². The highest BCUT2D eigenvalue weighted by Crippen LogP contribution is 2.09. The molecule has 2 heterocycles. The maximum Gasteiger partial charge on any atom is 0.0689 e. The predicted molar refractivity (Wildman–Crippen MR) is 62.1 cm³/mol. The highest BCUT2D eigenvalue weighted by molar-refractivity contribution is 5.07. The molecule has 86 valence electrons. The van der Waals surface area contributed by atoms with Crippen molar-refractivity contribution in [2.75, 3.05) is 53.0 Å². The number of rotatable bonds is 2. The maximum atomic E-state index is 5.47. The third-order valence-electron chi connectivity index (χ3n) is 3.22. The van der Waals surface area contributed by atoms with E-state index >= 15 is 0 Å². The molecule has 0 aromatic heterocycles. The van der Waals surface area contributed by atoms with Crippen LogP contribution in [0.5, 0.6) is 0 Å². The van der Waals surface area contributed by atoms with Gasteiger partial charge in [-0.05, 0) is 38.6 Å². The smallest absolute Gasteiger partial charge is 0.0689 e. The van der Waals surface area contributed by atoms with Gasteiger partial charge in [0.25, 0.3) is 0 Å². The molecule has 15 heavy (non-hydrogen) atoms. The molecule has 1 saturated heterocycles. The summed E-state index contributed by atoms with van der Waals surface area (Å²) in [6.07, 6.45) is 4.76. The van der Waals surface area contributed by atoms with Crippen LogP contribution in [0.2, 0.25) is 0 Å². The SMILES string of the molecule is CN1CCCN(CC2=CCCOC2)CC1. The minimum atomic E-state index is 0.854. The van der Waals surface area contributed by atoms with E-state index in [-0.39, 0.29) is 0 Å². The van der Waals surface area contributed by atoms with E-state index in [0.717, 1.165) is 26.2 Å². The van der Waals surface area contributed by atoms with Gasteiger partial charge in [-0.15, -0.1) is 0 Å². The molecule has 0 aromatic rings. The highest BCUT2D eigenvalue weighted by Gasteiger charge is 2.14. The lowest BCUT2D eigenvalue weighted by atomic mass is 10.2. The molecule has 0 spiro atoms. The van der Waals surface area contributed by atoms with Gasteiger partial charge in [0.2, 0.25) is 0 Å². The molecule has 0 N–H and O–H groups in total. The molecule has 0 bridgehead atoms. The summed E-state index contributed by atoms with van der Waals surface area (Å²) in [6, 6.07) is 0. The van der Waals surface area contributed by atoms with Gasteiger partial charge in [0.05, 0.1) is 13.2 Å². The molecule has 0 unspecified atom stereocenters. The van der Waals surface area contributed by atoms with Crippen LogP contribution >= 0.6 is 0 Å². The average Bonchev–Trinajstić information content (AvgIpc) is 2.46. The van der Waals surface area contributed by atoms with E-state index in [1.54, 1.807) is 0 Å². The van der Waals surface area contributed by atoms with Crippen molar-refractivity contribution in [2.24, 2.45) is 0 Å². The minimum Gasteiger partial charge on any atom is -0.377 e. The fourth-order valence-electron chi connectivity index (χ4n) is 2.26. The Labute approximate surface area is 92.7 Å². The fraction of sp³-hybridized carbons (Fsp3) is 0.833. The topological polar surface area (TPSA) is 15.7 Å². The Morgan fingerprint density at radius 3 is 3.00 bits per heavy atom. The molecule has 0 saturated carbocycles. The van der Waals surface area contributed by atoms with Crippen molar-refractivity contribution >= 4 is 0 Å². The maximum absolute atomic E-state index is 5.47. The molecule has 2 aliphatic rings. The summed E-state index contributed by atoms with van der Waals surface area (Å²) < 4.78 is 5.47. The lowest BCUT2D eigenvalue weighted by Gasteiger charge is -2.23. The van der Waals surface area contributed by atoms with Crippen molar-refractivity contribution in [1.82, 2.24) is 9.80 Å². The first-order valence-corrected chi connectivity index (χ1v) is 6.01. The fourth-order valence-corrected chi connectivity index (χ4v) is 2.26. The number of nitrogens with zero attached hydrogens (tertiary/aromatic N) is 2. The van der Waals surface area contributed by atoms with Gasteiger partial charge in [0.1, 0.15) is 0 Å². The van der Waals surface area contributed by atoms with Crippen molar-refractivity contribution in [3.63, 3.8) is 0 Å². The molecule has 3 nitrogen and oxygen atoms in total. The second-order valence-corrected chi connectivity index (χ2v) is 4.64. The van der Waals surface area contributed by atoms with E-state index in [0.29, 0.717) is 0 Å². The van der Waals surface area contributed by atoms with Crippen LogP contribution in [0, 0.1) is 0 Å². The van der Waals surface area contributed by atoms with Crippen molar-refractivity contribution in [3.8, 4) is 0 Å². The van der Waals surface area contributed by atoms with Gasteiger partial charge >= 0.3 is 0 Å². The Hall–Kier alpha value is -0.380. The molecule has 0 aromatic carbocycles. The van der Waals surface area contributed by atoms with Gasteiger partial charge in [0, 0.05) is 19.6 Å². The van der Waals surface area contributed by atoms with Crippen molar-refractivity contribution < 1.29 is 4.74 Å². The van der Waals surface area contributed by atoms with Gasteiger partial charge < -0.3 is 9.64 Å². The molecule has 3 heteroatoms. The third-order valence-corrected chi connectivity index (χ3v) is 3.22. The Bertz CT molecular complexity index is 228. The van der Waals surface area contributed by atoms with Crippen LogP contribution in [0.4, 0.5) is 0 Å². The Balaban J connectivity index is 1.80. The van der Waals surface area contributed by atoms with Gasteiger partial charge in [0.15, 0.2) is 0 Å². The van der Waals surface area contributed by atoms with E-state index in [9.17, 15) is 0 Å². The molecular formula is C12H22N2O. The number of hydrogen-bond donors (Lipinski definition) is 0. The van der Waals surface area contributed by atoms with Gasteiger partial charge in [-0.25, -0.2) is 0 Å². The number of likely N-dealkylation sites (N-methyl/N-ethyl adjacent to an activating group) is 1. The number of ether oxygens (including phenoxy) is 1. The first-order valence-electron chi connectivity index (χ1n) is 6.01. The first-order chi connectivity index (χ1) is 7.34. The second kappa shape index (κ2) is 5.64. The minimum absolute atomic E-state index is 0.854. The lowest BCUT2D eigenvalue weighted by molar-refractivity contribution is 0.142. The molecular weight excluding hydrogens is 188 g/mol. The zero-order chi connectivity index (χ0) is 10.5. The highest BCUT2D eigenvalue weighted by atomic mass is 16.5. The van der Waals surface area contributed by atoms with Crippen LogP contribution in [0.3, 0.4) is 0 Å². The Morgan fingerprint density at radius 2 is 2.20 bits per heavy atom. The quantitative estimate of drug-likeness (QED) is 0.632. The van der Waals surface area contributed by atoms with E-state index in [1.165, 1.54) is 38.2 Å². The summed E-state index contributed by atoms with van der Waals surface area (Å²) in [6.45, 7) is 7.77. The molecule has 2 aliphatic heterocycles. The molecule has 0 aliphatic carbocycles. The van der Waals surface area contributed by atoms with Crippen LogP contribution in [0.15, 0.2) is 11.6 Å². The lowest BCUT2D eigenvalue weighted by Crippen LogP contribution is -2.31. The monoisotopic (exact) mass is 210 g/mol. The largest absolute Gasteiger partial charge is 0.377 e. The molecule has 0 radical (unpaired) electrons. The normalized spacial score (nSPS) is 26.1. The van der Waals surface area contributed by atoms with E-state index in [1.807, 2.05) is 0 Å². The average molecular weight is 210 g/mol. The van der Waals surface area contributed by atoms with Crippen molar-refractivity contribution in [3.05, 3.63) is 11.6 Å². The summed E-state index contributed by atoms with van der Waals surface area (Å²) in [5.74, 6) is 0. The molecule has 1 fully saturated rings. The van der Waals surface area contributed by atoms with Crippen LogP contribution in [-0.2, 0) is 4.74 Å². The number of hydrogen-bond acceptors (Lipinski definition) is 3. The molecule has 2 rings (SSSR count). The third kappa shape index (κ3) is 3.59. The molecule has 0 amide bonds.